The summed E-state index contributed by atoms with van der Waals surface area (Å²) in [6.07, 6.45) is 1.51. The number of pyridine rings is 1. The van der Waals surface area contributed by atoms with Crippen molar-refractivity contribution in [3.8, 4) is 16.9 Å². The number of benzene rings is 1. The van der Waals surface area contributed by atoms with Crippen molar-refractivity contribution in [2.75, 3.05) is 13.7 Å². The molecule has 2 aromatic rings. The Morgan fingerprint density at radius 2 is 1.88 bits per heavy atom. The molecule has 1 aromatic heterocycles. The molecule has 2 N–H and O–H groups in total. The maximum atomic E-state index is 11.9. The monoisotopic (exact) mass is 328 g/mol. The van der Waals surface area contributed by atoms with Crippen LogP contribution in [0.4, 0.5) is 0 Å². The third kappa shape index (κ3) is 4.10. The zero-order valence-electron chi connectivity index (χ0n) is 13.9. The Hall–Kier alpha value is -2.89. The SMILES string of the molecule is COC(=O)CNC(=O)c1ncc(-c2ccc(C(C)C)cc2)cc1O. The van der Waals surface area contributed by atoms with Crippen molar-refractivity contribution >= 4 is 11.9 Å². The van der Waals surface area contributed by atoms with Gasteiger partial charge in [0.2, 0.25) is 0 Å². The highest BCUT2D eigenvalue weighted by atomic mass is 16.5. The number of carbonyl (C=O) groups excluding carboxylic acids is 2. The first-order valence-corrected chi connectivity index (χ1v) is 7.56. The first-order valence-electron chi connectivity index (χ1n) is 7.56. The van der Waals surface area contributed by atoms with E-state index in [0.717, 1.165) is 5.56 Å². The number of hydrogen-bond acceptors (Lipinski definition) is 5. The minimum Gasteiger partial charge on any atom is -0.505 e. The van der Waals surface area contributed by atoms with Gasteiger partial charge in [-0.2, -0.15) is 0 Å². The predicted octanol–water partition coefficient (Wildman–Crippen LogP) is 2.48. The molecule has 0 aliphatic carbocycles. The molecule has 0 spiro atoms. The second-order valence-electron chi connectivity index (χ2n) is 5.63. The molecule has 24 heavy (non-hydrogen) atoms. The Morgan fingerprint density at radius 3 is 2.42 bits per heavy atom. The summed E-state index contributed by atoms with van der Waals surface area (Å²) < 4.78 is 4.43. The zero-order valence-corrected chi connectivity index (χ0v) is 13.9. The van der Waals surface area contributed by atoms with Crippen molar-refractivity contribution in [2.45, 2.75) is 19.8 Å². The summed E-state index contributed by atoms with van der Waals surface area (Å²) in [5, 5.41) is 12.4. The number of nitrogens with one attached hydrogen (secondary N) is 1. The Labute approximate surface area is 140 Å². The van der Waals surface area contributed by atoms with E-state index in [1.54, 1.807) is 0 Å². The molecule has 2 rings (SSSR count). The number of rotatable bonds is 5. The summed E-state index contributed by atoms with van der Waals surface area (Å²) in [5.41, 5.74) is 2.67. The summed E-state index contributed by atoms with van der Waals surface area (Å²) >= 11 is 0. The number of esters is 1. The minimum atomic E-state index is -0.639. The molecule has 0 fully saturated rings. The molecule has 6 heteroatoms. The average Bonchev–Trinajstić information content (AvgIpc) is 2.59. The maximum Gasteiger partial charge on any atom is 0.325 e. The van der Waals surface area contributed by atoms with Gasteiger partial charge in [-0.1, -0.05) is 38.1 Å². The van der Waals surface area contributed by atoms with Gasteiger partial charge in [-0.05, 0) is 23.1 Å². The van der Waals surface area contributed by atoms with E-state index in [1.807, 2.05) is 24.3 Å². The lowest BCUT2D eigenvalue weighted by molar-refractivity contribution is -0.139. The highest BCUT2D eigenvalue weighted by Crippen LogP contribution is 2.26. The number of aromatic hydroxyl groups is 1. The molecule has 0 aliphatic heterocycles. The molecule has 0 radical (unpaired) electrons. The molecule has 0 saturated carbocycles. The highest BCUT2D eigenvalue weighted by Gasteiger charge is 2.15. The van der Waals surface area contributed by atoms with Crippen LogP contribution in [-0.2, 0) is 9.53 Å². The van der Waals surface area contributed by atoms with Crippen LogP contribution in [0.5, 0.6) is 5.75 Å². The van der Waals surface area contributed by atoms with Crippen LogP contribution in [0.2, 0.25) is 0 Å². The fourth-order valence-electron chi connectivity index (χ4n) is 2.15. The fourth-order valence-corrected chi connectivity index (χ4v) is 2.15. The molecule has 0 unspecified atom stereocenters. The van der Waals surface area contributed by atoms with Crippen LogP contribution >= 0.6 is 0 Å². The summed E-state index contributed by atoms with van der Waals surface area (Å²) in [7, 11) is 1.23. The van der Waals surface area contributed by atoms with Crippen molar-refractivity contribution in [1.82, 2.24) is 10.3 Å². The smallest absolute Gasteiger partial charge is 0.325 e. The normalized spacial score (nSPS) is 10.5. The van der Waals surface area contributed by atoms with Gasteiger partial charge < -0.3 is 15.2 Å². The molecule has 126 valence electrons. The summed E-state index contributed by atoms with van der Waals surface area (Å²) in [4.78, 5) is 26.9. The second kappa shape index (κ2) is 7.59. The molecule has 1 amide bonds. The zero-order chi connectivity index (χ0) is 17.7. The second-order valence-corrected chi connectivity index (χ2v) is 5.63. The Bertz CT molecular complexity index is 739. The van der Waals surface area contributed by atoms with Crippen molar-refractivity contribution in [3.63, 3.8) is 0 Å². The van der Waals surface area contributed by atoms with E-state index in [2.05, 4.69) is 28.9 Å². The number of amides is 1. The van der Waals surface area contributed by atoms with Crippen LogP contribution in [0.3, 0.4) is 0 Å². The summed E-state index contributed by atoms with van der Waals surface area (Å²) in [6, 6.07) is 9.41. The molecular weight excluding hydrogens is 308 g/mol. The number of nitrogens with zero attached hydrogens (tertiary/aromatic N) is 1. The highest BCUT2D eigenvalue weighted by molar-refractivity contribution is 5.96. The Balaban J connectivity index is 2.17. The van der Waals surface area contributed by atoms with Crippen LogP contribution in [0.15, 0.2) is 36.5 Å². The van der Waals surface area contributed by atoms with Gasteiger partial charge in [-0.15, -0.1) is 0 Å². The van der Waals surface area contributed by atoms with Gasteiger partial charge in [-0.25, -0.2) is 4.98 Å². The average molecular weight is 328 g/mol. The number of hydrogen-bond donors (Lipinski definition) is 2. The number of methoxy groups -OCH3 is 1. The van der Waals surface area contributed by atoms with Crippen LogP contribution in [0, 0.1) is 0 Å². The van der Waals surface area contributed by atoms with Gasteiger partial charge in [-0.3, -0.25) is 9.59 Å². The third-order valence-corrected chi connectivity index (χ3v) is 3.61. The molecule has 0 saturated heterocycles. The lowest BCUT2D eigenvalue weighted by Gasteiger charge is -2.09. The van der Waals surface area contributed by atoms with Crippen molar-refractivity contribution in [3.05, 3.63) is 47.8 Å². The van der Waals surface area contributed by atoms with Crippen LogP contribution < -0.4 is 5.32 Å². The summed E-state index contributed by atoms with van der Waals surface area (Å²) in [6.45, 7) is 3.95. The maximum absolute atomic E-state index is 11.9. The molecule has 6 nitrogen and oxygen atoms in total. The fraction of sp³-hybridized carbons (Fsp3) is 0.278. The number of ether oxygens (including phenoxy) is 1. The summed E-state index contributed by atoms with van der Waals surface area (Å²) in [5.74, 6) is -1.03. The first-order chi connectivity index (χ1) is 11.4. The third-order valence-electron chi connectivity index (χ3n) is 3.61. The Morgan fingerprint density at radius 1 is 1.21 bits per heavy atom. The van der Waals surface area contributed by atoms with Gasteiger partial charge in [0.25, 0.3) is 5.91 Å². The molecular formula is C18H20N2O4. The van der Waals surface area contributed by atoms with Gasteiger partial charge in [0.1, 0.15) is 12.3 Å². The number of aromatic nitrogens is 1. The molecule has 0 atom stereocenters. The molecule has 1 heterocycles. The van der Waals surface area contributed by atoms with E-state index in [1.165, 1.54) is 24.9 Å². The minimum absolute atomic E-state index is 0.138. The quantitative estimate of drug-likeness (QED) is 0.823. The predicted molar refractivity (Wildman–Crippen MR) is 89.8 cm³/mol. The standard InChI is InChI=1S/C18H20N2O4/c1-11(2)12-4-6-13(7-5-12)14-8-15(21)17(19-9-14)18(23)20-10-16(22)24-3/h4-9,11,21H,10H2,1-3H3,(H,20,23). The molecule has 0 aliphatic rings. The van der Waals surface area contributed by atoms with E-state index in [-0.39, 0.29) is 18.0 Å². The van der Waals surface area contributed by atoms with Gasteiger partial charge >= 0.3 is 5.97 Å². The lowest BCUT2D eigenvalue weighted by Crippen LogP contribution is -2.30. The van der Waals surface area contributed by atoms with Crippen molar-refractivity contribution in [1.29, 1.82) is 0 Å². The van der Waals surface area contributed by atoms with Crippen molar-refractivity contribution in [2.24, 2.45) is 0 Å². The van der Waals surface area contributed by atoms with Crippen LogP contribution in [0.25, 0.3) is 11.1 Å². The molecule has 0 bridgehead atoms. The largest absolute Gasteiger partial charge is 0.505 e. The van der Waals surface area contributed by atoms with E-state index in [4.69, 9.17) is 0 Å². The van der Waals surface area contributed by atoms with E-state index < -0.39 is 11.9 Å². The van der Waals surface area contributed by atoms with Crippen molar-refractivity contribution < 1.29 is 19.4 Å². The van der Waals surface area contributed by atoms with Gasteiger partial charge in [0.05, 0.1) is 7.11 Å². The topological polar surface area (TPSA) is 88.5 Å². The lowest BCUT2D eigenvalue weighted by atomic mass is 9.99. The van der Waals surface area contributed by atoms with E-state index in [9.17, 15) is 14.7 Å². The van der Waals surface area contributed by atoms with E-state index >= 15 is 0 Å². The van der Waals surface area contributed by atoms with Crippen LogP contribution in [0.1, 0.15) is 35.8 Å². The number of carbonyl (C=O) groups is 2. The van der Waals surface area contributed by atoms with Crippen LogP contribution in [-0.4, -0.2) is 35.6 Å². The first kappa shape index (κ1) is 17.5. The van der Waals surface area contributed by atoms with Gasteiger partial charge in [0, 0.05) is 11.8 Å². The van der Waals surface area contributed by atoms with E-state index in [0.29, 0.717) is 11.5 Å². The van der Waals surface area contributed by atoms with Gasteiger partial charge in [0.15, 0.2) is 5.69 Å². The Kier molecular flexibility index (Phi) is 5.52. The molecule has 1 aromatic carbocycles.